The third kappa shape index (κ3) is 4.32. The molecule has 2 rings (SSSR count). The van der Waals surface area contributed by atoms with Crippen molar-refractivity contribution in [2.45, 2.75) is 26.3 Å². The first-order chi connectivity index (χ1) is 11.3. The van der Waals surface area contributed by atoms with Crippen molar-refractivity contribution in [3.8, 4) is 0 Å². The Bertz CT molecular complexity index is 790. The molecule has 6 nitrogen and oxygen atoms in total. The summed E-state index contributed by atoms with van der Waals surface area (Å²) in [6.07, 6.45) is 5.05. The average Bonchev–Trinajstić information content (AvgIpc) is 2.55. The van der Waals surface area contributed by atoms with Gasteiger partial charge >= 0.3 is 0 Å². The second kappa shape index (κ2) is 7.44. The van der Waals surface area contributed by atoms with Gasteiger partial charge in [-0.1, -0.05) is 19.1 Å². The Labute approximate surface area is 142 Å². The zero-order valence-electron chi connectivity index (χ0n) is 13.9. The largest absolute Gasteiger partial charge is 0.323 e. The van der Waals surface area contributed by atoms with Gasteiger partial charge in [0.05, 0.1) is 23.8 Å². The molecule has 0 saturated carbocycles. The molecule has 0 spiro atoms. The fraction of sp³-hybridized carbons (Fsp3) is 0.294. The summed E-state index contributed by atoms with van der Waals surface area (Å²) in [5, 5.41) is 2.68. The number of hydrogen-bond acceptors (Lipinski definition) is 4. The van der Waals surface area contributed by atoms with E-state index >= 15 is 0 Å². The summed E-state index contributed by atoms with van der Waals surface area (Å²) in [5.41, 5.74) is 2.08. The van der Waals surface area contributed by atoms with E-state index in [1.165, 1.54) is 6.20 Å². The number of amides is 1. The van der Waals surface area contributed by atoms with Gasteiger partial charge in [0.25, 0.3) is 0 Å². The van der Waals surface area contributed by atoms with Gasteiger partial charge in [0.2, 0.25) is 15.9 Å². The van der Waals surface area contributed by atoms with Crippen molar-refractivity contribution in [2.24, 2.45) is 0 Å². The van der Waals surface area contributed by atoms with Gasteiger partial charge in [-0.3, -0.25) is 14.1 Å². The Morgan fingerprint density at radius 2 is 1.92 bits per heavy atom. The Hall–Kier alpha value is -2.41. The number of aromatic nitrogens is 1. The van der Waals surface area contributed by atoms with Crippen LogP contribution in [-0.2, 0) is 21.2 Å². The highest BCUT2D eigenvalue weighted by Crippen LogP contribution is 2.22. The van der Waals surface area contributed by atoms with Gasteiger partial charge in [-0.25, -0.2) is 8.42 Å². The molecule has 0 aliphatic heterocycles. The van der Waals surface area contributed by atoms with Crippen LogP contribution in [0.25, 0.3) is 0 Å². The molecule has 2 aromatic rings. The van der Waals surface area contributed by atoms with Crippen LogP contribution >= 0.6 is 0 Å². The van der Waals surface area contributed by atoms with E-state index in [0.29, 0.717) is 11.4 Å². The minimum Gasteiger partial charge on any atom is -0.323 e. The van der Waals surface area contributed by atoms with Crippen LogP contribution in [-0.4, -0.2) is 31.6 Å². The molecular weight excluding hydrogens is 326 g/mol. The quantitative estimate of drug-likeness (QED) is 0.870. The molecule has 1 amide bonds. The summed E-state index contributed by atoms with van der Waals surface area (Å²) >= 11 is 0. The van der Waals surface area contributed by atoms with Crippen LogP contribution in [0.4, 0.5) is 11.4 Å². The molecule has 128 valence electrons. The molecule has 1 atom stereocenters. The van der Waals surface area contributed by atoms with Crippen molar-refractivity contribution >= 4 is 27.3 Å². The summed E-state index contributed by atoms with van der Waals surface area (Å²) in [4.78, 5) is 16.4. The second-order valence-corrected chi connectivity index (χ2v) is 7.35. The summed E-state index contributed by atoms with van der Waals surface area (Å²) in [7, 11) is -3.62. The molecule has 0 fully saturated rings. The third-order valence-electron chi connectivity index (χ3n) is 3.62. The van der Waals surface area contributed by atoms with Crippen molar-refractivity contribution in [1.29, 1.82) is 0 Å². The maximum Gasteiger partial charge on any atom is 0.248 e. The molecule has 24 heavy (non-hydrogen) atoms. The second-order valence-electron chi connectivity index (χ2n) is 5.49. The van der Waals surface area contributed by atoms with Crippen LogP contribution in [0, 0.1) is 0 Å². The van der Waals surface area contributed by atoms with E-state index in [1.807, 2.05) is 19.1 Å². The lowest BCUT2D eigenvalue weighted by Gasteiger charge is -2.28. The lowest BCUT2D eigenvalue weighted by atomic mass is 10.1. The van der Waals surface area contributed by atoms with Crippen LogP contribution in [0.1, 0.15) is 19.4 Å². The predicted molar refractivity (Wildman–Crippen MR) is 95.5 cm³/mol. The molecule has 1 aromatic carbocycles. The molecule has 0 aliphatic carbocycles. The highest BCUT2D eigenvalue weighted by molar-refractivity contribution is 7.92. The van der Waals surface area contributed by atoms with E-state index in [0.717, 1.165) is 22.5 Å². The molecule has 1 N–H and O–H groups in total. The number of anilines is 2. The maximum absolute atomic E-state index is 12.5. The van der Waals surface area contributed by atoms with Crippen molar-refractivity contribution in [3.63, 3.8) is 0 Å². The standard InChI is InChI=1S/C17H21N3O3S/c1-4-14-7-9-16(10-8-14)20(24(3,22)23)13(2)17(21)19-15-6-5-11-18-12-15/h5-13H,4H2,1-3H3,(H,19,21)/t13-/m0/s1. The van der Waals surface area contributed by atoms with Gasteiger partial charge in [0, 0.05) is 6.20 Å². The van der Waals surface area contributed by atoms with Crippen LogP contribution in [0.3, 0.4) is 0 Å². The first-order valence-electron chi connectivity index (χ1n) is 7.62. The number of pyridine rings is 1. The third-order valence-corrected chi connectivity index (χ3v) is 4.86. The number of hydrogen-bond donors (Lipinski definition) is 1. The molecule has 1 aromatic heterocycles. The first-order valence-corrected chi connectivity index (χ1v) is 9.47. The van der Waals surface area contributed by atoms with Crippen molar-refractivity contribution in [3.05, 3.63) is 54.4 Å². The minimum atomic E-state index is -3.62. The zero-order valence-corrected chi connectivity index (χ0v) is 14.7. The fourth-order valence-electron chi connectivity index (χ4n) is 2.37. The number of carbonyl (C=O) groups is 1. The summed E-state index contributed by atoms with van der Waals surface area (Å²) < 4.78 is 25.6. The van der Waals surface area contributed by atoms with E-state index in [-0.39, 0.29) is 0 Å². The highest BCUT2D eigenvalue weighted by Gasteiger charge is 2.29. The molecule has 0 aliphatic rings. The van der Waals surface area contributed by atoms with Gasteiger partial charge in [-0.2, -0.15) is 0 Å². The SMILES string of the molecule is CCc1ccc(N([C@@H](C)C(=O)Nc2cccnc2)S(C)(=O)=O)cc1. The molecule has 0 radical (unpaired) electrons. The molecule has 0 saturated heterocycles. The zero-order chi connectivity index (χ0) is 17.7. The summed E-state index contributed by atoms with van der Waals surface area (Å²) in [5.74, 6) is -0.423. The Morgan fingerprint density at radius 1 is 1.25 bits per heavy atom. The predicted octanol–water partition coefficient (Wildman–Crippen LogP) is 2.44. The van der Waals surface area contributed by atoms with Gasteiger partial charge in [0.1, 0.15) is 6.04 Å². The van der Waals surface area contributed by atoms with E-state index in [2.05, 4.69) is 10.3 Å². The normalized spacial score (nSPS) is 12.5. The van der Waals surface area contributed by atoms with E-state index in [1.54, 1.807) is 37.4 Å². The Morgan fingerprint density at radius 3 is 2.42 bits per heavy atom. The van der Waals surface area contributed by atoms with E-state index < -0.39 is 22.0 Å². The number of nitrogens with zero attached hydrogens (tertiary/aromatic N) is 2. The average molecular weight is 347 g/mol. The lowest BCUT2D eigenvalue weighted by Crippen LogP contribution is -2.45. The lowest BCUT2D eigenvalue weighted by molar-refractivity contribution is -0.116. The van der Waals surface area contributed by atoms with E-state index in [4.69, 9.17) is 0 Å². The van der Waals surface area contributed by atoms with Gasteiger partial charge < -0.3 is 5.32 Å². The van der Waals surface area contributed by atoms with Crippen molar-refractivity contribution < 1.29 is 13.2 Å². The molecular formula is C17H21N3O3S. The van der Waals surface area contributed by atoms with Crippen LogP contribution < -0.4 is 9.62 Å². The molecule has 0 bridgehead atoms. The van der Waals surface area contributed by atoms with Crippen molar-refractivity contribution in [1.82, 2.24) is 4.98 Å². The first kappa shape index (κ1) is 17.9. The minimum absolute atomic E-state index is 0.423. The van der Waals surface area contributed by atoms with Crippen molar-refractivity contribution in [2.75, 3.05) is 15.9 Å². The molecule has 7 heteroatoms. The smallest absolute Gasteiger partial charge is 0.248 e. The fourth-order valence-corrected chi connectivity index (χ4v) is 3.55. The van der Waals surface area contributed by atoms with Gasteiger partial charge in [0.15, 0.2) is 0 Å². The number of nitrogens with one attached hydrogen (secondary N) is 1. The number of benzene rings is 1. The van der Waals surface area contributed by atoms with Gasteiger partial charge in [-0.05, 0) is 43.2 Å². The molecule has 1 heterocycles. The number of carbonyl (C=O) groups excluding carboxylic acids is 1. The topological polar surface area (TPSA) is 79.4 Å². The maximum atomic E-state index is 12.5. The number of aryl methyl sites for hydroxylation is 1. The number of rotatable bonds is 6. The van der Waals surface area contributed by atoms with Crippen LogP contribution in [0.5, 0.6) is 0 Å². The van der Waals surface area contributed by atoms with Crippen LogP contribution in [0.2, 0.25) is 0 Å². The molecule has 0 unspecified atom stereocenters. The van der Waals surface area contributed by atoms with E-state index in [9.17, 15) is 13.2 Å². The monoisotopic (exact) mass is 347 g/mol. The number of sulfonamides is 1. The highest BCUT2D eigenvalue weighted by atomic mass is 32.2. The Balaban J connectivity index is 2.28. The van der Waals surface area contributed by atoms with Gasteiger partial charge in [-0.15, -0.1) is 0 Å². The summed E-state index contributed by atoms with van der Waals surface area (Å²) in [6, 6.07) is 9.64. The Kier molecular flexibility index (Phi) is 5.56. The summed E-state index contributed by atoms with van der Waals surface area (Å²) in [6.45, 7) is 3.58. The van der Waals surface area contributed by atoms with Crippen LogP contribution in [0.15, 0.2) is 48.8 Å².